The molecule has 1 aromatic heterocycles. The van der Waals surface area contributed by atoms with Crippen LogP contribution in [0, 0.1) is 0 Å². The van der Waals surface area contributed by atoms with Crippen LogP contribution in [0.25, 0.3) is 0 Å². The molecule has 4 N–H and O–H groups in total. The highest BCUT2D eigenvalue weighted by Gasteiger charge is 2.15. The summed E-state index contributed by atoms with van der Waals surface area (Å²) >= 11 is 0.979. The van der Waals surface area contributed by atoms with Crippen molar-refractivity contribution < 1.29 is 19.1 Å². The number of nitrogens with one attached hydrogen (secondary N) is 2. The summed E-state index contributed by atoms with van der Waals surface area (Å²) in [5, 5.41) is 2.60. The molecule has 0 aliphatic carbocycles. The maximum atomic E-state index is 12.3. The van der Waals surface area contributed by atoms with Crippen molar-refractivity contribution in [3.8, 4) is 5.75 Å². The van der Waals surface area contributed by atoms with Crippen molar-refractivity contribution in [2.45, 2.75) is 19.0 Å². The number of amides is 1. The maximum absolute atomic E-state index is 12.3. The Hall–Kier alpha value is -3.01. The molecule has 2 aromatic rings. The summed E-state index contributed by atoms with van der Waals surface area (Å²) in [4.78, 5) is 42.3. The molecule has 0 fully saturated rings. The normalized spacial score (nSPS) is 10.3. The first-order chi connectivity index (χ1) is 12.9. The van der Waals surface area contributed by atoms with Gasteiger partial charge in [0, 0.05) is 5.56 Å². The molecular weight excluding hydrogens is 372 g/mol. The van der Waals surface area contributed by atoms with Crippen molar-refractivity contribution in [3.63, 3.8) is 0 Å². The number of benzene rings is 1. The van der Waals surface area contributed by atoms with Gasteiger partial charge in [0.15, 0.2) is 11.0 Å². The lowest BCUT2D eigenvalue weighted by atomic mass is 10.2. The van der Waals surface area contributed by atoms with Crippen LogP contribution in [-0.4, -0.2) is 40.8 Å². The lowest BCUT2D eigenvalue weighted by Gasteiger charge is -2.09. The molecule has 2 rings (SSSR count). The van der Waals surface area contributed by atoms with E-state index in [0.29, 0.717) is 17.9 Å². The van der Waals surface area contributed by atoms with Gasteiger partial charge in [0.25, 0.3) is 11.5 Å². The summed E-state index contributed by atoms with van der Waals surface area (Å²) in [5.41, 5.74) is 5.34. The van der Waals surface area contributed by atoms with Crippen molar-refractivity contribution in [2.75, 3.05) is 30.0 Å². The standard InChI is InChI=1S/C17H20N4O5S/c1-3-25-11-7-5-10(6-8-11)15(23)19-13-14(18)20-17(21-16(13)24)27-9-12(22)26-4-2/h5-8H,3-4,9H2,1-2H3,(H,19,23)(H3,18,20,21,24). The Kier molecular flexibility index (Phi) is 7.24. The number of nitrogen functional groups attached to an aromatic ring is 1. The van der Waals surface area contributed by atoms with E-state index in [1.165, 1.54) is 0 Å². The second kappa shape index (κ2) is 9.62. The molecule has 0 aliphatic rings. The summed E-state index contributed by atoms with van der Waals surface area (Å²) in [6.07, 6.45) is 0. The molecule has 10 heteroatoms. The lowest BCUT2D eigenvalue weighted by Crippen LogP contribution is -2.23. The number of carbonyl (C=O) groups is 2. The molecule has 0 saturated heterocycles. The van der Waals surface area contributed by atoms with Crippen molar-refractivity contribution in [3.05, 3.63) is 40.2 Å². The van der Waals surface area contributed by atoms with E-state index in [-0.39, 0.29) is 29.0 Å². The van der Waals surface area contributed by atoms with Gasteiger partial charge in [-0.2, -0.15) is 0 Å². The molecule has 0 spiro atoms. The van der Waals surface area contributed by atoms with Gasteiger partial charge in [0.2, 0.25) is 0 Å². The topological polar surface area (TPSA) is 136 Å². The number of nitrogens with two attached hydrogens (primary N) is 1. The molecule has 0 atom stereocenters. The number of aromatic nitrogens is 2. The number of H-pyrrole nitrogens is 1. The monoisotopic (exact) mass is 392 g/mol. The second-order valence-corrected chi connectivity index (χ2v) is 6.10. The Bertz CT molecular complexity index is 867. The van der Waals surface area contributed by atoms with Gasteiger partial charge in [-0.05, 0) is 38.1 Å². The quantitative estimate of drug-likeness (QED) is 0.350. The van der Waals surface area contributed by atoms with E-state index < -0.39 is 17.4 Å². The van der Waals surface area contributed by atoms with Crippen LogP contribution in [0.3, 0.4) is 0 Å². The molecule has 1 amide bonds. The number of rotatable bonds is 8. The summed E-state index contributed by atoms with van der Waals surface area (Å²) in [7, 11) is 0. The average molecular weight is 392 g/mol. The Balaban J connectivity index is 2.08. The van der Waals surface area contributed by atoms with Crippen LogP contribution in [0.1, 0.15) is 24.2 Å². The fourth-order valence-electron chi connectivity index (χ4n) is 2.04. The average Bonchev–Trinajstić information content (AvgIpc) is 2.64. The largest absolute Gasteiger partial charge is 0.494 e. The van der Waals surface area contributed by atoms with Gasteiger partial charge >= 0.3 is 5.97 Å². The third-order valence-corrected chi connectivity index (χ3v) is 4.07. The zero-order valence-electron chi connectivity index (χ0n) is 14.9. The van der Waals surface area contributed by atoms with Gasteiger partial charge in [-0.3, -0.25) is 19.4 Å². The summed E-state index contributed by atoms with van der Waals surface area (Å²) < 4.78 is 10.1. The summed E-state index contributed by atoms with van der Waals surface area (Å²) in [6.45, 7) is 4.34. The van der Waals surface area contributed by atoms with Crippen LogP contribution >= 0.6 is 11.8 Å². The fraction of sp³-hybridized carbons (Fsp3) is 0.294. The zero-order chi connectivity index (χ0) is 19.8. The van der Waals surface area contributed by atoms with E-state index in [1.807, 2.05) is 6.92 Å². The minimum atomic E-state index is -0.617. The first-order valence-corrected chi connectivity index (χ1v) is 9.15. The molecule has 0 aliphatic heterocycles. The third kappa shape index (κ3) is 5.74. The molecule has 1 aromatic carbocycles. The molecule has 0 bridgehead atoms. The fourth-order valence-corrected chi connectivity index (χ4v) is 2.71. The van der Waals surface area contributed by atoms with Crippen molar-refractivity contribution in [1.29, 1.82) is 0 Å². The summed E-state index contributed by atoms with van der Waals surface area (Å²) in [5.74, 6) is -0.477. The van der Waals surface area contributed by atoms with E-state index in [4.69, 9.17) is 15.2 Å². The SMILES string of the molecule is CCOC(=O)CSc1nc(N)c(NC(=O)c2ccc(OCC)cc2)c(=O)[nH]1. The Labute approximate surface area is 159 Å². The third-order valence-electron chi connectivity index (χ3n) is 3.22. The van der Waals surface area contributed by atoms with E-state index >= 15 is 0 Å². The maximum Gasteiger partial charge on any atom is 0.316 e. The Morgan fingerprint density at radius 1 is 1.22 bits per heavy atom. The van der Waals surface area contributed by atoms with E-state index in [0.717, 1.165) is 11.8 Å². The number of esters is 1. The molecule has 1 heterocycles. The number of anilines is 2. The molecule has 27 heavy (non-hydrogen) atoms. The van der Waals surface area contributed by atoms with Gasteiger partial charge in [0.1, 0.15) is 11.4 Å². The lowest BCUT2D eigenvalue weighted by molar-refractivity contribution is -0.139. The summed E-state index contributed by atoms with van der Waals surface area (Å²) in [6, 6.07) is 6.45. The zero-order valence-corrected chi connectivity index (χ0v) is 15.7. The van der Waals surface area contributed by atoms with Crippen LogP contribution in [-0.2, 0) is 9.53 Å². The number of ether oxygens (including phenoxy) is 2. The van der Waals surface area contributed by atoms with Crippen LogP contribution in [0.4, 0.5) is 11.5 Å². The minimum Gasteiger partial charge on any atom is -0.494 e. The number of carbonyl (C=O) groups excluding carboxylic acids is 2. The first kappa shape index (κ1) is 20.3. The predicted molar refractivity (Wildman–Crippen MR) is 102 cm³/mol. The van der Waals surface area contributed by atoms with Gasteiger partial charge in [-0.25, -0.2) is 4.98 Å². The number of hydrogen-bond donors (Lipinski definition) is 3. The van der Waals surface area contributed by atoms with Gasteiger partial charge in [-0.1, -0.05) is 11.8 Å². The molecular formula is C17H20N4O5S. The van der Waals surface area contributed by atoms with E-state index in [9.17, 15) is 14.4 Å². The van der Waals surface area contributed by atoms with Crippen LogP contribution in [0.15, 0.2) is 34.2 Å². The molecule has 0 unspecified atom stereocenters. The molecule has 0 saturated carbocycles. The minimum absolute atomic E-state index is 0.0197. The highest BCUT2D eigenvalue weighted by atomic mass is 32.2. The Morgan fingerprint density at radius 2 is 1.93 bits per heavy atom. The van der Waals surface area contributed by atoms with Crippen molar-refractivity contribution >= 4 is 35.1 Å². The van der Waals surface area contributed by atoms with Crippen LogP contribution in [0.2, 0.25) is 0 Å². The van der Waals surface area contributed by atoms with Gasteiger partial charge < -0.3 is 20.5 Å². The van der Waals surface area contributed by atoms with Crippen LogP contribution in [0.5, 0.6) is 5.75 Å². The van der Waals surface area contributed by atoms with Crippen LogP contribution < -0.4 is 21.3 Å². The van der Waals surface area contributed by atoms with E-state index in [1.54, 1.807) is 31.2 Å². The second-order valence-electron chi connectivity index (χ2n) is 5.14. The highest BCUT2D eigenvalue weighted by Crippen LogP contribution is 2.18. The number of nitrogens with zero attached hydrogens (tertiary/aromatic N) is 1. The van der Waals surface area contributed by atoms with Crippen molar-refractivity contribution in [2.24, 2.45) is 0 Å². The van der Waals surface area contributed by atoms with Gasteiger partial charge in [0.05, 0.1) is 19.0 Å². The first-order valence-electron chi connectivity index (χ1n) is 8.17. The smallest absolute Gasteiger partial charge is 0.316 e. The molecule has 9 nitrogen and oxygen atoms in total. The van der Waals surface area contributed by atoms with E-state index in [2.05, 4.69) is 15.3 Å². The molecule has 144 valence electrons. The highest BCUT2D eigenvalue weighted by molar-refractivity contribution is 7.99. The van der Waals surface area contributed by atoms with Crippen molar-refractivity contribution in [1.82, 2.24) is 9.97 Å². The molecule has 0 radical (unpaired) electrons. The van der Waals surface area contributed by atoms with Gasteiger partial charge in [-0.15, -0.1) is 0 Å². The number of thioether (sulfide) groups is 1. The predicted octanol–water partition coefficient (Wildman–Crippen LogP) is 1.66. The number of aromatic amines is 1. The number of hydrogen-bond acceptors (Lipinski definition) is 8. The Morgan fingerprint density at radius 3 is 2.52 bits per heavy atom.